The van der Waals surface area contributed by atoms with E-state index in [-0.39, 0.29) is 18.7 Å². The van der Waals surface area contributed by atoms with Gasteiger partial charge in [-0.3, -0.25) is 4.90 Å². The third-order valence-corrected chi connectivity index (χ3v) is 4.01. The van der Waals surface area contributed by atoms with E-state index >= 15 is 0 Å². The van der Waals surface area contributed by atoms with Crippen LogP contribution in [0.3, 0.4) is 0 Å². The SMILES string of the molecule is CCC(CC)N(CCO)C(c1cccc(C)c1)C(C)N. The summed E-state index contributed by atoms with van der Waals surface area (Å²) in [4.78, 5) is 2.37. The van der Waals surface area contributed by atoms with Crippen LogP contribution in [0.4, 0.5) is 0 Å². The summed E-state index contributed by atoms with van der Waals surface area (Å²) >= 11 is 0. The molecule has 0 amide bonds. The molecule has 0 saturated heterocycles. The summed E-state index contributed by atoms with van der Waals surface area (Å²) in [7, 11) is 0. The van der Waals surface area contributed by atoms with Gasteiger partial charge < -0.3 is 10.8 Å². The lowest BCUT2D eigenvalue weighted by Gasteiger charge is -2.39. The standard InChI is InChI=1S/C17H30N2O/c1-5-16(6-2)19(10-11-20)17(14(4)18)15-9-7-8-13(3)12-15/h7-9,12,14,16-17,20H,5-6,10-11,18H2,1-4H3. The summed E-state index contributed by atoms with van der Waals surface area (Å²) in [6.45, 7) is 9.41. The van der Waals surface area contributed by atoms with Crippen molar-refractivity contribution in [1.82, 2.24) is 4.90 Å². The fraction of sp³-hybridized carbons (Fsp3) is 0.647. The van der Waals surface area contributed by atoms with Gasteiger partial charge in [-0.15, -0.1) is 0 Å². The van der Waals surface area contributed by atoms with Crippen molar-refractivity contribution in [3.8, 4) is 0 Å². The molecule has 2 unspecified atom stereocenters. The number of benzene rings is 1. The van der Waals surface area contributed by atoms with Crippen LogP contribution in [-0.4, -0.2) is 35.2 Å². The monoisotopic (exact) mass is 278 g/mol. The van der Waals surface area contributed by atoms with E-state index in [0.717, 1.165) is 12.8 Å². The molecule has 0 aliphatic rings. The first-order valence-corrected chi connectivity index (χ1v) is 7.73. The van der Waals surface area contributed by atoms with E-state index in [9.17, 15) is 5.11 Å². The number of hydrogen-bond acceptors (Lipinski definition) is 3. The summed E-state index contributed by atoms with van der Waals surface area (Å²) in [5.74, 6) is 0. The second-order valence-electron chi connectivity index (χ2n) is 5.65. The Hall–Kier alpha value is -0.900. The lowest BCUT2D eigenvalue weighted by Crippen LogP contribution is -2.46. The van der Waals surface area contributed by atoms with Crippen LogP contribution >= 0.6 is 0 Å². The van der Waals surface area contributed by atoms with Gasteiger partial charge in [-0.05, 0) is 32.3 Å². The van der Waals surface area contributed by atoms with Crippen molar-refractivity contribution in [2.75, 3.05) is 13.2 Å². The number of nitrogens with two attached hydrogens (primary N) is 1. The van der Waals surface area contributed by atoms with Crippen LogP contribution in [0.1, 0.15) is 50.8 Å². The highest BCUT2D eigenvalue weighted by Gasteiger charge is 2.28. The van der Waals surface area contributed by atoms with Gasteiger partial charge in [-0.1, -0.05) is 43.7 Å². The molecule has 0 radical (unpaired) electrons. The maximum absolute atomic E-state index is 9.43. The van der Waals surface area contributed by atoms with Gasteiger partial charge in [-0.25, -0.2) is 0 Å². The van der Waals surface area contributed by atoms with Gasteiger partial charge in [0.2, 0.25) is 0 Å². The molecule has 1 rings (SSSR count). The number of rotatable bonds is 8. The van der Waals surface area contributed by atoms with Gasteiger partial charge in [0.15, 0.2) is 0 Å². The molecule has 0 aliphatic carbocycles. The molecule has 0 spiro atoms. The minimum atomic E-state index is 0.0314. The quantitative estimate of drug-likeness (QED) is 0.769. The fourth-order valence-corrected chi connectivity index (χ4v) is 3.07. The fourth-order valence-electron chi connectivity index (χ4n) is 3.07. The van der Waals surface area contributed by atoms with Gasteiger partial charge in [0, 0.05) is 24.7 Å². The zero-order valence-corrected chi connectivity index (χ0v) is 13.3. The normalized spacial score (nSPS) is 14.8. The lowest BCUT2D eigenvalue weighted by molar-refractivity contribution is 0.0852. The summed E-state index contributed by atoms with van der Waals surface area (Å²) in [5, 5.41) is 9.43. The minimum Gasteiger partial charge on any atom is -0.395 e. The molecule has 0 saturated carbocycles. The summed E-state index contributed by atoms with van der Waals surface area (Å²) in [6.07, 6.45) is 2.15. The van der Waals surface area contributed by atoms with E-state index in [2.05, 4.69) is 56.9 Å². The van der Waals surface area contributed by atoms with Crippen molar-refractivity contribution in [3.05, 3.63) is 35.4 Å². The number of aliphatic hydroxyl groups excluding tert-OH is 1. The Labute approximate surface area is 123 Å². The Morgan fingerprint density at radius 1 is 1.25 bits per heavy atom. The van der Waals surface area contributed by atoms with E-state index in [0.29, 0.717) is 12.6 Å². The minimum absolute atomic E-state index is 0.0314. The van der Waals surface area contributed by atoms with Crippen molar-refractivity contribution in [2.24, 2.45) is 5.73 Å². The molecular formula is C17H30N2O. The van der Waals surface area contributed by atoms with Crippen LogP contribution in [0, 0.1) is 6.92 Å². The van der Waals surface area contributed by atoms with Crippen molar-refractivity contribution in [1.29, 1.82) is 0 Å². The van der Waals surface area contributed by atoms with Gasteiger partial charge in [0.05, 0.1) is 6.61 Å². The summed E-state index contributed by atoms with van der Waals surface area (Å²) < 4.78 is 0. The van der Waals surface area contributed by atoms with E-state index in [1.54, 1.807) is 0 Å². The largest absolute Gasteiger partial charge is 0.395 e. The molecule has 3 heteroatoms. The molecule has 0 heterocycles. The third-order valence-electron chi connectivity index (χ3n) is 4.01. The number of nitrogens with zero attached hydrogens (tertiary/aromatic N) is 1. The van der Waals surface area contributed by atoms with Crippen LogP contribution in [0.15, 0.2) is 24.3 Å². The number of aliphatic hydroxyl groups is 1. The molecule has 2 atom stereocenters. The highest BCUT2D eigenvalue weighted by molar-refractivity contribution is 5.26. The maximum atomic E-state index is 9.43. The average molecular weight is 278 g/mol. The molecule has 0 aromatic heterocycles. The smallest absolute Gasteiger partial charge is 0.0558 e. The van der Waals surface area contributed by atoms with Gasteiger partial charge >= 0.3 is 0 Å². The van der Waals surface area contributed by atoms with Crippen LogP contribution < -0.4 is 5.73 Å². The molecule has 114 valence electrons. The van der Waals surface area contributed by atoms with Crippen molar-refractivity contribution in [3.63, 3.8) is 0 Å². The van der Waals surface area contributed by atoms with Crippen molar-refractivity contribution in [2.45, 2.75) is 58.7 Å². The predicted octanol–water partition coefficient (Wildman–Crippen LogP) is 2.87. The first kappa shape index (κ1) is 17.2. The lowest BCUT2D eigenvalue weighted by atomic mass is 9.95. The summed E-state index contributed by atoms with van der Waals surface area (Å²) in [6, 6.07) is 9.20. The van der Waals surface area contributed by atoms with E-state index in [1.807, 2.05) is 0 Å². The molecule has 0 bridgehead atoms. The van der Waals surface area contributed by atoms with Crippen LogP contribution in [0.25, 0.3) is 0 Å². The third kappa shape index (κ3) is 4.30. The van der Waals surface area contributed by atoms with Crippen LogP contribution in [0.2, 0.25) is 0 Å². The Morgan fingerprint density at radius 2 is 1.90 bits per heavy atom. The predicted molar refractivity (Wildman–Crippen MR) is 85.7 cm³/mol. The Balaban J connectivity index is 3.13. The Bertz CT molecular complexity index is 388. The van der Waals surface area contributed by atoms with Crippen LogP contribution in [0.5, 0.6) is 0 Å². The highest BCUT2D eigenvalue weighted by Crippen LogP contribution is 2.28. The highest BCUT2D eigenvalue weighted by atomic mass is 16.3. The van der Waals surface area contributed by atoms with Gasteiger partial charge in [0.25, 0.3) is 0 Å². The van der Waals surface area contributed by atoms with E-state index in [1.165, 1.54) is 11.1 Å². The molecule has 3 nitrogen and oxygen atoms in total. The molecule has 1 aromatic rings. The molecule has 0 aliphatic heterocycles. The van der Waals surface area contributed by atoms with Crippen molar-refractivity contribution < 1.29 is 5.11 Å². The van der Waals surface area contributed by atoms with Gasteiger partial charge in [0.1, 0.15) is 0 Å². The first-order chi connectivity index (χ1) is 9.54. The number of aryl methyl sites for hydroxylation is 1. The van der Waals surface area contributed by atoms with E-state index < -0.39 is 0 Å². The number of hydrogen-bond donors (Lipinski definition) is 2. The average Bonchev–Trinajstić information content (AvgIpc) is 2.40. The Kier molecular flexibility index (Phi) is 7.20. The topological polar surface area (TPSA) is 49.5 Å². The van der Waals surface area contributed by atoms with Gasteiger partial charge in [-0.2, -0.15) is 0 Å². The Morgan fingerprint density at radius 3 is 2.35 bits per heavy atom. The second kappa shape index (κ2) is 8.40. The van der Waals surface area contributed by atoms with Crippen LogP contribution in [-0.2, 0) is 0 Å². The maximum Gasteiger partial charge on any atom is 0.0558 e. The molecule has 0 fully saturated rings. The summed E-state index contributed by atoms with van der Waals surface area (Å²) in [5.41, 5.74) is 8.78. The molecular weight excluding hydrogens is 248 g/mol. The molecule has 1 aromatic carbocycles. The first-order valence-electron chi connectivity index (χ1n) is 7.73. The zero-order valence-electron chi connectivity index (χ0n) is 13.3. The molecule has 3 N–H and O–H groups in total. The second-order valence-corrected chi connectivity index (χ2v) is 5.65. The molecule has 20 heavy (non-hydrogen) atoms. The van der Waals surface area contributed by atoms with Crippen molar-refractivity contribution >= 4 is 0 Å². The zero-order chi connectivity index (χ0) is 15.1. The van der Waals surface area contributed by atoms with E-state index in [4.69, 9.17) is 5.73 Å².